The van der Waals surface area contributed by atoms with Crippen LogP contribution in [0.25, 0.3) is 0 Å². The van der Waals surface area contributed by atoms with Crippen LogP contribution in [0.4, 0.5) is 5.69 Å². The van der Waals surface area contributed by atoms with E-state index in [0.717, 1.165) is 11.3 Å². The Labute approximate surface area is 101 Å². The summed E-state index contributed by atoms with van der Waals surface area (Å²) in [5.74, 6) is -0.418. The first-order valence-corrected chi connectivity index (χ1v) is 5.50. The van der Waals surface area contributed by atoms with Gasteiger partial charge in [0.2, 0.25) is 0 Å². The summed E-state index contributed by atoms with van der Waals surface area (Å²) in [6.07, 6.45) is 0. The summed E-state index contributed by atoms with van der Waals surface area (Å²) in [6.45, 7) is 4.29. The Kier molecular flexibility index (Phi) is 4.62. The molecule has 0 fully saturated rings. The molecular formula is C12H16ClNO2. The lowest BCUT2D eigenvalue weighted by molar-refractivity contribution is -0.144. The van der Waals surface area contributed by atoms with Crippen LogP contribution in [0.5, 0.6) is 0 Å². The summed E-state index contributed by atoms with van der Waals surface area (Å²) in [5, 5.41) is 3.79. The van der Waals surface area contributed by atoms with Crippen molar-refractivity contribution in [3.63, 3.8) is 0 Å². The smallest absolute Gasteiger partial charge is 0.310 e. The Morgan fingerprint density at radius 2 is 2.25 bits per heavy atom. The zero-order valence-electron chi connectivity index (χ0n) is 9.71. The van der Waals surface area contributed by atoms with Gasteiger partial charge in [-0.3, -0.25) is 4.79 Å². The molecular weight excluding hydrogens is 226 g/mol. The van der Waals surface area contributed by atoms with Crippen LogP contribution in [-0.4, -0.2) is 19.6 Å². The highest BCUT2D eigenvalue weighted by atomic mass is 35.5. The zero-order valence-corrected chi connectivity index (χ0v) is 10.5. The van der Waals surface area contributed by atoms with Crippen LogP contribution >= 0.6 is 11.6 Å². The van der Waals surface area contributed by atoms with Gasteiger partial charge >= 0.3 is 5.97 Å². The standard InChI is InChI=1S/C12H16ClNO2/c1-8-4-5-11(10(13)6-8)14-7-9(2)12(15)16-3/h4-6,9,14H,7H2,1-3H3. The minimum absolute atomic E-state index is 0.192. The molecule has 0 heterocycles. The van der Waals surface area contributed by atoms with Gasteiger partial charge in [-0.2, -0.15) is 0 Å². The number of hydrogen-bond acceptors (Lipinski definition) is 3. The molecule has 1 atom stereocenters. The number of ether oxygens (including phenoxy) is 1. The van der Waals surface area contributed by atoms with Gasteiger partial charge in [-0.1, -0.05) is 24.6 Å². The predicted molar refractivity (Wildman–Crippen MR) is 65.9 cm³/mol. The highest BCUT2D eigenvalue weighted by molar-refractivity contribution is 6.33. The molecule has 0 saturated carbocycles. The van der Waals surface area contributed by atoms with Gasteiger partial charge in [0.05, 0.1) is 23.7 Å². The summed E-state index contributed by atoms with van der Waals surface area (Å²) < 4.78 is 4.64. The average Bonchev–Trinajstić information content (AvgIpc) is 2.26. The van der Waals surface area contributed by atoms with Gasteiger partial charge in [-0.05, 0) is 24.6 Å². The van der Waals surface area contributed by atoms with Crippen molar-refractivity contribution in [1.82, 2.24) is 0 Å². The fourth-order valence-corrected chi connectivity index (χ4v) is 1.61. The lowest BCUT2D eigenvalue weighted by Crippen LogP contribution is -2.21. The molecule has 4 heteroatoms. The second kappa shape index (κ2) is 5.75. The van der Waals surface area contributed by atoms with Crippen molar-refractivity contribution < 1.29 is 9.53 Å². The maximum absolute atomic E-state index is 11.2. The number of anilines is 1. The van der Waals surface area contributed by atoms with Gasteiger partial charge in [-0.25, -0.2) is 0 Å². The van der Waals surface area contributed by atoms with Crippen molar-refractivity contribution in [3.05, 3.63) is 28.8 Å². The predicted octanol–water partition coefficient (Wildman–Crippen LogP) is 2.87. The fourth-order valence-electron chi connectivity index (χ4n) is 1.31. The van der Waals surface area contributed by atoms with E-state index < -0.39 is 0 Å². The number of carbonyl (C=O) groups is 1. The van der Waals surface area contributed by atoms with Crippen LogP contribution in [0.1, 0.15) is 12.5 Å². The van der Waals surface area contributed by atoms with Gasteiger partial charge in [0.25, 0.3) is 0 Å². The van der Waals surface area contributed by atoms with E-state index in [1.54, 1.807) is 6.92 Å². The summed E-state index contributed by atoms with van der Waals surface area (Å²) in [6, 6.07) is 5.76. The van der Waals surface area contributed by atoms with Crippen LogP contribution < -0.4 is 5.32 Å². The Bertz CT molecular complexity index is 379. The fraction of sp³-hybridized carbons (Fsp3) is 0.417. The van der Waals surface area contributed by atoms with E-state index in [9.17, 15) is 4.79 Å². The molecule has 3 nitrogen and oxygen atoms in total. The molecule has 0 aliphatic heterocycles. The third-order valence-electron chi connectivity index (χ3n) is 2.33. The van der Waals surface area contributed by atoms with E-state index in [2.05, 4.69) is 10.1 Å². The Morgan fingerprint density at radius 1 is 1.56 bits per heavy atom. The van der Waals surface area contributed by atoms with E-state index in [-0.39, 0.29) is 11.9 Å². The number of nitrogens with one attached hydrogen (secondary N) is 1. The summed E-state index contributed by atoms with van der Waals surface area (Å²) in [5.41, 5.74) is 1.94. The molecule has 0 amide bonds. The summed E-state index contributed by atoms with van der Waals surface area (Å²) in [7, 11) is 1.39. The first-order valence-electron chi connectivity index (χ1n) is 5.12. The van der Waals surface area contributed by atoms with Crippen molar-refractivity contribution in [2.24, 2.45) is 5.92 Å². The highest BCUT2D eigenvalue weighted by Crippen LogP contribution is 2.22. The number of benzene rings is 1. The van der Waals surface area contributed by atoms with Gasteiger partial charge in [0.15, 0.2) is 0 Å². The first-order chi connectivity index (χ1) is 7.54. The summed E-state index contributed by atoms with van der Waals surface area (Å²) in [4.78, 5) is 11.2. The molecule has 1 aromatic carbocycles. The van der Waals surface area contributed by atoms with Gasteiger partial charge in [-0.15, -0.1) is 0 Å². The topological polar surface area (TPSA) is 38.3 Å². The quantitative estimate of drug-likeness (QED) is 0.824. The molecule has 0 saturated heterocycles. The molecule has 0 radical (unpaired) electrons. The maximum atomic E-state index is 11.2. The number of hydrogen-bond donors (Lipinski definition) is 1. The molecule has 0 bridgehead atoms. The number of esters is 1. The van der Waals surface area contributed by atoms with Gasteiger partial charge in [0, 0.05) is 6.54 Å². The molecule has 88 valence electrons. The van der Waals surface area contributed by atoms with Crippen LogP contribution in [0.2, 0.25) is 5.02 Å². The van der Waals surface area contributed by atoms with Crippen LogP contribution in [-0.2, 0) is 9.53 Å². The molecule has 0 aromatic heterocycles. The van der Waals surface area contributed by atoms with E-state index in [0.29, 0.717) is 11.6 Å². The second-order valence-electron chi connectivity index (χ2n) is 3.79. The van der Waals surface area contributed by atoms with Crippen molar-refractivity contribution in [3.8, 4) is 0 Å². The third-order valence-corrected chi connectivity index (χ3v) is 2.64. The molecule has 0 aliphatic rings. The molecule has 16 heavy (non-hydrogen) atoms. The van der Waals surface area contributed by atoms with Crippen LogP contribution in [0.15, 0.2) is 18.2 Å². The molecule has 1 N–H and O–H groups in total. The Morgan fingerprint density at radius 3 is 2.81 bits per heavy atom. The van der Waals surface area contributed by atoms with Crippen LogP contribution in [0.3, 0.4) is 0 Å². The van der Waals surface area contributed by atoms with E-state index in [4.69, 9.17) is 11.6 Å². The normalized spacial score (nSPS) is 12.0. The number of aryl methyl sites for hydroxylation is 1. The second-order valence-corrected chi connectivity index (χ2v) is 4.20. The number of methoxy groups -OCH3 is 1. The van der Waals surface area contributed by atoms with Crippen molar-refractivity contribution in [2.75, 3.05) is 19.0 Å². The van der Waals surface area contributed by atoms with E-state index in [1.807, 2.05) is 25.1 Å². The molecule has 1 rings (SSSR count). The van der Waals surface area contributed by atoms with E-state index in [1.165, 1.54) is 7.11 Å². The zero-order chi connectivity index (χ0) is 12.1. The lowest BCUT2D eigenvalue weighted by Gasteiger charge is -2.12. The largest absolute Gasteiger partial charge is 0.469 e. The first kappa shape index (κ1) is 12.8. The maximum Gasteiger partial charge on any atom is 0.310 e. The average molecular weight is 242 g/mol. The van der Waals surface area contributed by atoms with Gasteiger partial charge < -0.3 is 10.1 Å². The van der Waals surface area contributed by atoms with Gasteiger partial charge in [0.1, 0.15) is 0 Å². The summed E-state index contributed by atoms with van der Waals surface area (Å²) >= 11 is 6.05. The van der Waals surface area contributed by atoms with E-state index >= 15 is 0 Å². The molecule has 1 unspecified atom stereocenters. The molecule has 0 spiro atoms. The van der Waals surface area contributed by atoms with Crippen molar-refractivity contribution in [2.45, 2.75) is 13.8 Å². The number of carbonyl (C=O) groups excluding carboxylic acids is 1. The highest BCUT2D eigenvalue weighted by Gasteiger charge is 2.12. The minimum atomic E-state index is -0.226. The Hall–Kier alpha value is -1.22. The number of halogens is 1. The lowest BCUT2D eigenvalue weighted by atomic mass is 10.1. The monoisotopic (exact) mass is 241 g/mol. The molecule has 0 aliphatic carbocycles. The van der Waals surface area contributed by atoms with Crippen molar-refractivity contribution in [1.29, 1.82) is 0 Å². The van der Waals surface area contributed by atoms with Crippen molar-refractivity contribution >= 4 is 23.3 Å². The molecule has 1 aromatic rings. The Balaban J connectivity index is 2.58. The minimum Gasteiger partial charge on any atom is -0.469 e. The van der Waals surface area contributed by atoms with Crippen LogP contribution in [0, 0.1) is 12.8 Å². The third kappa shape index (κ3) is 3.42. The SMILES string of the molecule is COC(=O)C(C)CNc1ccc(C)cc1Cl. The number of rotatable bonds is 4.